The SMILES string of the molecule is BB(B)B(B(B)B)B(B(B(B)B)B(B)B)B(B(B(B(B)B)B(B)B)B(B(B)B)B(B)B)B(B(B(B(B(B)B)B(B)B)B(B(B)B)B(B)B)B(B(B(B)B)B(B)B)B(B(B)B)B(B)B)B(B(B(B(B)B)B(B)B)B(B(B)B)B(B)B)B(B(B(B)B)B(B)B)B(B(B)B)B(B)B. The van der Waals surface area contributed by atoms with Crippen molar-refractivity contribution in [3.8, 4) is 0 Å². The Labute approximate surface area is 658 Å². The van der Waals surface area contributed by atoms with Gasteiger partial charge in [-0.2, -0.15) is 0 Å². The zero-order valence-electron chi connectivity index (χ0n) is 74.6. The lowest BCUT2D eigenvalue weighted by molar-refractivity contribution is 3.13. The monoisotopic (exact) mass is 1130 g/mol. The van der Waals surface area contributed by atoms with Crippen molar-refractivity contribution in [2.24, 2.45) is 0 Å². The van der Waals surface area contributed by atoms with Crippen LogP contribution >= 0.6 is 0 Å². The van der Waals surface area contributed by atoms with Crippen LogP contribution in [0.4, 0.5) is 0 Å². The van der Waals surface area contributed by atoms with Gasteiger partial charge in [-0.15, -0.1) is 0 Å². The summed E-state index contributed by atoms with van der Waals surface area (Å²) in [5.74, 6) is 0. The molecule has 0 N–H and O–H groups in total. The van der Waals surface area contributed by atoms with Gasteiger partial charge in [-0.25, -0.2) is 0 Å². The van der Waals surface area contributed by atoms with Crippen LogP contribution in [0.5, 0.6) is 0 Å². The fourth-order valence-corrected chi connectivity index (χ4v) is 27.6. The molecule has 378 valence electrons. The van der Waals surface area contributed by atoms with Crippen LogP contribution in [-0.4, -0.2) is 665 Å². The molecule has 94 heteroatoms. The molecule has 0 aromatic rings. The molecule has 0 nitrogen and oxygen atoms in total. The van der Waals surface area contributed by atoms with Crippen molar-refractivity contribution >= 4 is 665 Å². The van der Waals surface area contributed by atoms with Crippen molar-refractivity contribution in [1.29, 1.82) is 0 Å². The van der Waals surface area contributed by atoms with Crippen LogP contribution in [-0.2, 0) is 0 Å². The largest absolute Gasteiger partial charge is 0.0552 e. The average Bonchev–Trinajstić information content (AvgIpc) is 3.33. The summed E-state index contributed by atoms with van der Waals surface area (Å²) < 4.78 is 0. The molecule has 0 atom stereocenters. The second-order valence-electron chi connectivity index (χ2n) is 42.6. The van der Waals surface area contributed by atoms with Crippen LogP contribution in [0.15, 0.2) is 0 Å². The van der Waals surface area contributed by atoms with E-state index in [9.17, 15) is 0 Å². The molecule has 0 rings (SSSR count). The van der Waals surface area contributed by atoms with Crippen molar-refractivity contribution in [1.82, 2.24) is 0 Å². The Morgan fingerprint density at radius 2 is 0.0851 bits per heavy atom. The molecule has 0 aliphatic carbocycles. The van der Waals surface area contributed by atoms with Crippen molar-refractivity contribution in [3.05, 3.63) is 0 Å². The van der Waals surface area contributed by atoms with Crippen LogP contribution in [0, 0.1) is 0 Å². The Kier molecular flexibility index (Phi) is 48.9. The van der Waals surface area contributed by atoms with Gasteiger partial charge in [0, 0.05) is 294 Å². The van der Waals surface area contributed by atoms with Crippen molar-refractivity contribution in [2.45, 2.75) is 0 Å². The number of hydrogen-bond donors (Lipinski definition) is 0. The molecule has 94 heavy (non-hydrogen) atoms. The van der Waals surface area contributed by atoms with Crippen LogP contribution in [0.1, 0.15) is 0 Å². The maximum absolute atomic E-state index is 2.76. The minimum Gasteiger partial charge on any atom is 0.000000168 e. The molecule has 0 aliphatic heterocycles. The predicted octanol–water partition coefficient (Wildman–Crippen LogP) is -61.5. The molecule has 0 heterocycles. The Balaban J connectivity index is 14.2. The molecule has 0 aromatic carbocycles. The lowest BCUT2D eigenvalue weighted by Crippen LogP contribution is -3.01. The van der Waals surface area contributed by atoms with Gasteiger partial charge in [0.1, 0.15) is 0 Å². The summed E-state index contributed by atoms with van der Waals surface area (Å²) in [7, 11) is 133. The van der Waals surface area contributed by atoms with E-state index in [2.05, 4.69) is 371 Å². The summed E-state index contributed by atoms with van der Waals surface area (Å²) in [5, 5.41) is 0. The van der Waals surface area contributed by atoms with Gasteiger partial charge in [0.15, 0.2) is 0 Å². The fourth-order valence-electron chi connectivity index (χ4n) is 27.6. The standard InChI is InChI=1S/B94H96/c1-49(2)73(50(3)4)85(74(51(5)6)52(7)8)91(86(75(53(9)10)54(11)12)76(55(13)14)56(15)16)94(92(87(77(57(17)18)58(19)20)78(59(21)22)60(23)24)88(79(61(25)26)62(27)28)80(63(29)30)64(31)32)93(89(81(65(33)34)66(35)36)82(67(37)38)68(39)40)90(83(69(41)42)70(43)44)84(71(45)46)72(47)48/h1-48H2. The maximum atomic E-state index is 2.76. The Morgan fingerprint density at radius 3 is 0.117 bits per heavy atom. The highest BCUT2D eigenvalue weighted by atomic mass is 13.5. The van der Waals surface area contributed by atoms with Gasteiger partial charge in [0.2, 0.25) is 0 Å². The molecular weight excluding hydrogens is 1020 g/mol. The number of hydrogen-bond acceptors (Lipinski definition) is 0. The molecule has 0 aromatic heterocycles. The quantitative estimate of drug-likeness (QED) is 0.0533. The summed E-state index contributed by atoms with van der Waals surface area (Å²) in [6.07, 6.45) is 24.8. The van der Waals surface area contributed by atoms with Crippen molar-refractivity contribution in [2.75, 3.05) is 0 Å². The molecule has 0 spiro atoms. The smallest absolute Gasteiger partial charge is 0.000000168 e. The minimum atomic E-state index is 0.444. The van der Waals surface area contributed by atoms with Gasteiger partial charge < -0.3 is 0 Å². The summed E-state index contributed by atoms with van der Waals surface area (Å²) in [5.41, 5.74) is 0. The molecule has 0 aliphatic rings. The van der Waals surface area contributed by atoms with Gasteiger partial charge in [0.25, 0.3) is 0 Å². The molecule has 0 unspecified atom stereocenters. The van der Waals surface area contributed by atoms with Crippen LogP contribution in [0.25, 0.3) is 0 Å². The van der Waals surface area contributed by atoms with Crippen LogP contribution < -0.4 is 0 Å². The van der Waals surface area contributed by atoms with E-state index in [1.54, 1.807) is 0 Å². The normalized spacial score (nSPS) is 9.83. The molecule has 0 fully saturated rings. The molecule has 0 saturated carbocycles. The van der Waals surface area contributed by atoms with E-state index in [0.717, 1.165) is 0 Å². The van der Waals surface area contributed by atoms with Crippen molar-refractivity contribution in [3.63, 3.8) is 0 Å². The van der Waals surface area contributed by atoms with Gasteiger partial charge >= 0.3 is 0 Å². The maximum Gasteiger partial charge on any atom is 0.0552 e. The minimum absolute atomic E-state index is 0.444. The number of rotatable bonds is 45. The molecular formula is H96B94. The third-order valence-electron chi connectivity index (χ3n) is 27.8. The first-order chi connectivity index (χ1) is 42.7. The van der Waals surface area contributed by atoms with E-state index in [0.29, 0.717) is 294 Å². The lowest BCUT2D eigenvalue weighted by Gasteiger charge is -2.62. The summed E-state index contributed by atoms with van der Waals surface area (Å²) in [6.45, 7) is 0. The summed E-state index contributed by atoms with van der Waals surface area (Å²) in [6, 6.07) is 0. The first-order valence-corrected chi connectivity index (χ1v) is 42.7. The van der Waals surface area contributed by atoms with Gasteiger partial charge in [0.05, 0.1) is 371 Å². The van der Waals surface area contributed by atoms with E-state index in [4.69, 9.17) is 0 Å². The lowest BCUT2D eigenvalue weighted by atomic mass is 8.19. The Hall–Kier alpha value is 6.10. The zero-order chi connectivity index (χ0) is 74.6. The molecule has 0 saturated heterocycles. The van der Waals surface area contributed by atoms with E-state index >= 15 is 0 Å². The first-order valence-electron chi connectivity index (χ1n) is 42.7. The predicted molar refractivity (Wildman–Crippen MR) is 675 cm³/mol. The highest BCUT2D eigenvalue weighted by molar-refractivity contribution is 8.43. The topological polar surface area (TPSA) is 0 Å². The molecule has 0 radical (unpaired) electrons. The van der Waals surface area contributed by atoms with Crippen molar-refractivity contribution < 1.29 is 0 Å². The first kappa shape index (κ1) is 100. The van der Waals surface area contributed by atoms with E-state index in [1.807, 2.05) is 0 Å². The average molecular weight is 1110 g/mol. The second kappa shape index (κ2) is 45.9. The Morgan fingerprint density at radius 1 is 0.0532 bits per heavy atom. The third kappa shape index (κ3) is 26.7. The van der Waals surface area contributed by atoms with E-state index in [-0.39, 0.29) is 0 Å². The Bertz CT molecular complexity index is 1350. The molecule has 0 bridgehead atoms. The highest BCUT2D eigenvalue weighted by Crippen LogP contribution is 2.30. The van der Waals surface area contributed by atoms with Crippen LogP contribution in [0.2, 0.25) is 0 Å². The van der Waals surface area contributed by atoms with E-state index in [1.165, 1.54) is 0 Å². The van der Waals surface area contributed by atoms with E-state index < -0.39 is 0 Å². The molecule has 0 amide bonds. The zero-order valence-corrected chi connectivity index (χ0v) is 74.6. The summed E-state index contributed by atoms with van der Waals surface area (Å²) >= 11 is 0. The van der Waals surface area contributed by atoms with Crippen LogP contribution in [0.3, 0.4) is 0 Å². The van der Waals surface area contributed by atoms with Gasteiger partial charge in [-0.1, -0.05) is 0 Å². The van der Waals surface area contributed by atoms with Gasteiger partial charge in [-0.3, -0.25) is 0 Å². The second-order valence-corrected chi connectivity index (χ2v) is 42.6. The highest BCUT2D eigenvalue weighted by Gasteiger charge is 2.68. The fraction of sp³-hybridized carbons (Fsp3) is 0. The summed E-state index contributed by atoms with van der Waals surface area (Å²) in [4.78, 5) is 0. The third-order valence-corrected chi connectivity index (χ3v) is 27.8. The van der Waals surface area contributed by atoms with Gasteiger partial charge in [-0.05, 0) is 0 Å².